The fourth-order valence-electron chi connectivity index (χ4n) is 1.29. The van der Waals surface area contributed by atoms with Crippen molar-refractivity contribution in [3.8, 4) is 0 Å². The number of nitrogens with zero attached hydrogens (tertiary/aromatic N) is 1. The van der Waals surface area contributed by atoms with Crippen LogP contribution in [0.5, 0.6) is 0 Å². The molecule has 5 heteroatoms. The van der Waals surface area contributed by atoms with Gasteiger partial charge in [0.05, 0.1) is 6.61 Å². The molecule has 0 atom stereocenters. The molecular weight excluding hydrogens is 244 g/mol. The average molecular weight is 262 g/mol. The lowest BCUT2D eigenvalue weighted by molar-refractivity contribution is -0.137. The molecule has 0 bridgehead atoms. The van der Waals surface area contributed by atoms with Crippen LogP contribution in [0.2, 0.25) is 0 Å². The Balaban J connectivity index is 2.62. The van der Waals surface area contributed by atoms with Crippen molar-refractivity contribution >= 4 is 24.0 Å². The van der Waals surface area contributed by atoms with Crippen LogP contribution >= 0.6 is 0 Å². The molecule has 5 nitrogen and oxygen atoms in total. The molecule has 0 aliphatic rings. The third-order valence-corrected chi connectivity index (χ3v) is 2.27. The molecule has 0 saturated heterocycles. The first-order valence-corrected chi connectivity index (χ1v) is 5.95. The third kappa shape index (κ3) is 5.25. The van der Waals surface area contributed by atoms with E-state index in [2.05, 4.69) is 4.98 Å². The summed E-state index contributed by atoms with van der Waals surface area (Å²) in [5.74, 6) is -0.457. The maximum Gasteiger partial charge on any atom is 0.330 e. The van der Waals surface area contributed by atoms with E-state index in [0.717, 1.165) is 11.3 Å². The number of esters is 1. The van der Waals surface area contributed by atoms with Crippen molar-refractivity contribution in [2.24, 2.45) is 0 Å². The summed E-state index contributed by atoms with van der Waals surface area (Å²) >= 11 is 0. The highest BCUT2D eigenvalue weighted by Gasteiger charge is 1.99. The molecule has 0 radical (unpaired) electrons. The van der Waals surface area contributed by atoms with E-state index in [0.29, 0.717) is 6.61 Å². The van der Waals surface area contributed by atoms with E-state index in [9.17, 15) is 9.59 Å². The number of carbonyl (C=O) groups is 2. The molecule has 1 aromatic rings. The maximum atomic E-state index is 11.4. The number of hydrogen-bond donors (Lipinski definition) is 1. The number of carbonyl (C=O) groups excluding carboxylic acids is 2. The zero-order valence-corrected chi connectivity index (χ0v) is 11.3. The minimum atomic E-state index is -0.378. The molecule has 0 saturated carbocycles. The van der Waals surface area contributed by atoms with Gasteiger partial charge in [0, 0.05) is 38.1 Å². The molecule has 19 heavy (non-hydrogen) atoms. The predicted molar refractivity (Wildman–Crippen MR) is 74.2 cm³/mol. The number of ether oxygens (including phenoxy) is 1. The summed E-state index contributed by atoms with van der Waals surface area (Å²) in [4.78, 5) is 27.0. The van der Waals surface area contributed by atoms with E-state index in [1.165, 1.54) is 17.1 Å². The highest BCUT2D eigenvalue weighted by molar-refractivity contribution is 5.91. The van der Waals surface area contributed by atoms with E-state index in [1.807, 2.05) is 6.07 Å². The number of rotatable bonds is 5. The lowest BCUT2D eigenvalue weighted by atomic mass is 10.2. The van der Waals surface area contributed by atoms with Crippen LogP contribution in [0.25, 0.3) is 12.2 Å². The molecule has 1 amide bonds. The van der Waals surface area contributed by atoms with Crippen LogP contribution < -0.4 is 0 Å². The Hall–Kier alpha value is -2.30. The molecule has 1 N–H and O–H groups in total. The summed E-state index contributed by atoms with van der Waals surface area (Å²) in [6, 6.07) is 1.83. The lowest BCUT2D eigenvalue weighted by Gasteiger charge is -2.04. The first kappa shape index (κ1) is 14.8. The number of amides is 1. The normalized spacial score (nSPS) is 11.1. The molecule has 0 fully saturated rings. The number of nitrogens with one attached hydrogen (secondary N) is 1. The minimum absolute atomic E-state index is 0.0789. The Morgan fingerprint density at radius 2 is 2.05 bits per heavy atom. The molecule has 0 spiro atoms. The molecule has 0 unspecified atom stereocenters. The van der Waals surface area contributed by atoms with Gasteiger partial charge in [-0.2, -0.15) is 0 Å². The third-order valence-electron chi connectivity index (χ3n) is 2.27. The van der Waals surface area contributed by atoms with Gasteiger partial charge >= 0.3 is 5.97 Å². The van der Waals surface area contributed by atoms with Crippen molar-refractivity contribution in [3.05, 3.63) is 35.7 Å². The van der Waals surface area contributed by atoms with Crippen LogP contribution in [0.4, 0.5) is 0 Å². The van der Waals surface area contributed by atoms with Crippen LogP contribution in [-0.2, 0) is 14.3 Å². The van der Waals surface area contributed by atoms with E-state index < -0.39 is 0 Å². The number of H-pyrrole nitrogens is 1. The summed E-state index contributed by atoms with van der Waals surface area (Å²) in [6.07, 6.45) is 7.93. The Bertz CT molecular complexity index is 499. The molecule has 1 heterocycles. The van der Waals surface area contributed by atoms with Crippen molar-refractivity contribution in [3.63, 3.8) is 0 Å². The van der Waals surface area contributed by atoms with Crippen LogP contribution in [0.15, 0.2) is 24.4 Å². The SMILES string of the molecule is CCOC(=O)C=Cc1cc(/C=C/C(=O)N(C)C)c[nH]1. The zero-order valence-electron chi connectivity index (χ0n) is 11.3. The molecular formula is C14H18N2O3. The Labute approximate surface area is 112 Å². The number of aromatic amines is 1. The monoisotopic (exact) mass is 262 g/mol. The number of hydrogen-bond acceptors (Lipinski definition) is 3. The summed E-state index contributed by atoms with van der Waals surface area (Å²) in [5.41, 5.74) is 1.63. The van der Waals surface area contributed by atoms with Crippen LogP contribution in [0, 0.1) is 0 Å². The molecule has 0 aromatic carbocycles. The fraction of sp³-hybridized carbons (Fsp3) is 0.286. The van der Waals surface area contributed by atoms with Gasteiger partial charge in [0.2, 0.25) is 5.91 Å². The molecule has 0 aliphatic heterocycles. The van der Waals surface area contributed by atoms with Gasteiger partial charge in [0.15, 0.2) is 0 Å². The molecule has 102 valence electrons. The second kappa shape index (κ2) is 7.20. The van der Waals surface area contributed by atoms with E-state index in [-0.39, 0.29) is 11.9 Å². The van der Waals surface area contributed by atoms with Crippen molar-refractivity contribution in [1.82, 2.24) is 9.88 Å². The summed E-state index contributed by atoms with van der Waals surface area (Å²) < 4.78 is 4.77. The highest BCUT2D eigenvalue weighted by atomic mass is 16.5. The molecule has 1 aromatic heterocycles. The van der Waals surface area contributed by atoms with Gasteiger partial charge in [0.1, 0.15) is 0 Å². The Kier molecular flexibility index (Phi) is 5.60. The van der Waals surface area contributed by atoms with Crippen molar-refractivity contribution < 1.29 is 14.3 Å². The number of aromatic nitrogens is 1. The first-order chi connectivity index (χ1) is 9.02. The van der Waals surface area contributed by atoms with Gasteiger partial charge in [-0.25, -0.2) is 4.79 Å². The standard InChI is InChI=1S/C14H18N2O3/c1-4-19-14(18)8-6-12-9-11(10-15-12)5-7-13(17)16(2)3/h5-10,15H,4H2,1-3H3/b7-5+,8-6?. The van der Waals surface area contributed by atoms with Crippen LogP contribution in [-0.4, -0.2) is 42.5 Å². The predicted octanol–water partition coefficient (Wildman–Crippen LogP) is 1.69. The molecule has 1 rings (SSSR count). The minimum Gasteiger partial charge on any atom is -0.463 e. The number of likely N-dealkylation sites (N-methyl/N-ethyl adjacent to an activating group) is 1. The second-order valence-corrected chi connectivity index (χ2v) is 4.04. The van der Waals surface area contributed by atoms with Gasteiger partial charge in [-0.15, -0.1) is 0 Å². The van der Waals surface area contributed by atoms with Gasteiger partial charge < -0.3 is 14.6 Å². The molecule has 0 aliphatic carbocycles. The second-order valence-electron chi connectivity index (χ2n) is 4.04. The topological polar surface area (TPSA) is 62.4 Å². The van der Waals surface area contributed by atoms with Gasteiger partial charge in [-0.1, -0.05) is 0 Å². The summed E-state index contributed by atoms with van der Waals surface area (Å²) in [7, 11) is 3.38. The van der Waals surface area contributed by atoms with Crippen LogP contribution in [0.1, 0.15) is 18.2 Å². The smallest absolute Gasteiger partial charge is 0.330 e. The summed E-state index contributed by atoms with van der Waals surface area (Å²) in [6.45, 7) is 2.11. The van der Waals surface area contributed by atoms with Crippen molar-refractivity contribution in [1.29, 1.82) is 0 Å². The zero-order chi connectivity index (χ0) is 14.3. The summed E-state index contributed by atoms with van der Waals surface area (Å²) in [5, 5.41) is 0. The van der Waals surface area contributed by atoms with Gasteiger partial charge in [-0.05, 0) is 30.7 Å². The van der Waals surface area contributed by atoms with Gasteiger partial charge in [-0.3, -0.25) is 4.79 Å². The largest absolute Gasteiger partial charge is 0.463 e. The lowest BCUT2D eigenvalue weighted by Crippen LogP contribution is -2.18. The Morgan fingerprint density at radius 3 is 2.68 bits per heavy atom. The van der Waals surface area contributed by atoms with E-state index in [4.69, 9.17) is 4.74 Å². The quantitative estimate of drug-likeness (QED) is 0.649. The van der Waals surface area contributed by atoms with E-state index >= 15 is 0 Å². The van der Waals surface area contributed by atoms with E-state index in [1.54, 1.807) is 39.4 Å². The average Bonchev–Trinajstić information content (AvgIpc) is 2.81. The van der Waals surface area contributed by atoms with Crippen molar-refractivity contribution in [2.75, 3.05) is 20.7 Å². The highest BCUT2D eigenvalue weighted by Crippen LogP contribution is 2.07. The van der Waals surface area contributed by atoms with Crippen molar-refractivity contribution in [2.45, 2.75) is 6.92 Å². The van der Waals surface area contributed by atoms with Gasteiger partial charge in [0.25, 0.3) is 0 Å². The Morgan fingerprint density at radius 1 is 1.32 bits per heavy atom. The maximum absolute atomic E-state index is 11.4. The first-order valence-electron chi connectivity index (χ1n) is 5.95. The van der Waals surface area contributed by atoms with Crippen LogP contribution in [0.3, 0.4) is 0 Å². The fourth-order valence-corrected chi connectivity index (χ4v) is 1.29.